The van der Waals surface area contributed by atoms with E-state index in [1.54, 1.807) is 0 Å². The summed E-state index contributed by atoms with van der Waals surface area (Å²) in [7, 11) is 1.00. The lowest BCUT2D eigenvalue weighted by molar-refractivity contribution is -0.157. The maximum Gasteiger partial charge on any atom is 0.406 e. The Labute approximate surface area is 124 Å². The second-order valence-corrected chi connectivity index (χ2v) is 4.73. The standard InChI is InChI=1S/C13H15F4N3O2/c1-7-3-10(8(12(18)22)4-9(7)14)19-5-11(21)20(2)6-13(15,16)17/h3-4,19H,5-6H2,1-2H3,(H2,18,22). The Morgan fingerprint density at radius 3 is 2.41 bits per heavy atom. The van der Waals surface area contributed by atoms with Gasteiger partial charge in [-0.1, -0.05) is 0 Å². The van der Waals surface area contributed by atoms with Crippen LogP contribution in [-0.2, 0) is 4.79 Å². The first-order chi connectivity index (χ1) is 10.0. The van der Waals surface area contributed by atoms with Crippen molar-refractivity contribution in [1.29, 1.82) is 0 Å². The van der Waals surface area contributed by atoms with E-state index in [2.05, 4.69) is 5.32 Å². The molecule has 0 unspecified atom stereocenters. The lowest BCUT2D eigenvalue weighted by Gasteiger charge is -2.20. The first kappa shape index (κ1) is 17.7. The molecule has 5 nitrogen and oxygen atoms in total. The third-order valence-electron chi connectivity index (χ3n) is 2.84. The number of aryl methyl sites for hydroxylation is 1. The average molecular weight is 321 g/mol. The number of hydrogen-bond donors (Lipinski definition) is 2. The number of rotatable bonds is 5. The molecule has 0 atom stereocenters. The minimum Gasteiger partial charge on any atom is -0.375 e. The Morgan fingerprint density at radius 2 is 1.91 bits per heavy atom. The molecule has 0 saturated carbocycles. The van der Waals surface area contributed by atoms with E-state index in [0.29, 0.717) is 4.90 Å². The van der Waals surface area contributed by atoms with E-state index < -0.39 is 36.9 Å². The lowest BCUT2D eigenvalue weighted by Crippen LogP contribution is -2.39. The van der Waals surface area contributed by atoms with Crippen LogP contribution in [0.5, 0.6) is 0 Å². The van der Waals surface area contributed by atoms with Crippen LogP contribution < -0.4 is 11.1 Å². The van der Waals surface area contributed by atoms with Gasteiger partial charge in [0.2, 0.25) is 5.91 Å². The zero-order valence-corrected chi connectivity index (χ0v) is 11.9. The summed E-state index contributed by atoms with van der Waals surface area (Å²) in [6.45, 7) is -0.445. The number of nitrogens with two attached hydrogens (primary N) is 1. The molecule has 0 aliphatic carbocycles. The highest BCUT2D eigenvalue weighted by molar-refractivity contribution is 5.99. The number of anilines is 1. The van der Waals surface area contributed by atoms with Gasteiger partial charge < -0.3 is 16.0 Å². The fraction of sp³-hybridized carbons (Fsp3) is 0.385. The second-order valence-electron chi connectivity index (χ2n) is 4.73. The van der Waals surface area contributed by atoms with Crippen LogP contribution >= 0.6 is 0 Å². The number of carbonyl (C=O) groups excluding carboxylic acids is 2. The van der Waals surface area contributed by atoms with Gasteiger partial charge in [0, 0.05) is 12.7 Å². The van der Waals surface area contributed by atoms with E-state index in [0.717, 1.165) is 13.1 Å². The van der Waals surface area contributed by atoms with E-state index in [9.17, 15) is 27.2 Å². The Bertz CT molecular complexity index is 587. The Balaban J connectivity index is 2.82. The quantitative estimate of drug-likeness (QED) is 0.810. The van der Waals surface area contributed by atoms with E-state index in [4.69, 9.17) is 5.73 Å². The molecular weight excluding hydrogens is 306 g/mol. The molecule has 0 radical (unpaired) electrons. The summed E-state index contributed by atoms with van der Waals surface area (Å²) < 4.78 is 49.9. The molecule has 0 fully saturated rings. The summed E-state index contributed by atoms with van der Waals surface area (Å²) in [5, 5.41) is 2.50. The zero-order valence-electron chi connectivity index (χ0n) is 11.9. The number of amides is 2. The molecular formula is C13H15F4N3O2. The summed E-state index contributed by atoms with van der Waals surface area (Å²) in [5.74, 6) is -2.41. The number of hydrogen-bond acceptors (Lipinski definition) is 3. The Hall–Kier alpha value is -2.32. The van der Waals surface area contributed by atoms with E-state index in [1.807, 2.05) is 0 Å². The van der Waals surface area contributed by atoms with Gasteiger partial charge in [-0.3, -0.25) is 9.59 Å². The third-order valence-corrected chi connectivity index (χ3v) is 2.84. The van der Waals surface area contributed by atoms with Gasteiger partial charge in [-0.2, -0.15) is 13.2 Å². The minimum atomic E-state index is -4.50. The van der Waals surface area contributed by atoms with Crippen LogP contribution in [0.3, 0.4) is 0 Å². The summed E-state index contributed by atoms with van der Waals surface area (Å²) in [6, 6.07) is 2.16. The van der Waals surface area contributed by atoms with Crippen molar-refractivity contribution in [2.45, 2.75) is 13.1 Å². The van der Waals surface area contributed by atoms with E-state index in [1.165, 1.54) is 13.0 Å². The molecule has 0 heterocycles. The van der Waals surface area contributed by atoms with Crippen molar-refractivity contribution >= 4 is 17.5 Å². The average Bonchev–Trinajstić information content (AvgIpc) is 2.36. The van der Waals surface area contributed by atoms with Crippen molar-refractivity contribution in [3.63, 3.8) is 0 Å². The van der Waals surface area contributed by atoms with Gasteiger partial charge >= 0.3 is 6.18 Å². The summed E-state index contributed by atoms with van der Waals surface area (Å²) in [6.07, 6.45) is -4.50. The van der Waals surface area contributed by atoms with Crippen LogP contribution in [0, 0.1) is 12.7 Å². The van der Waals surface area contributed by atoms with Crippen molar-refractivity contribution in [2.24, 2.45) is 5.73 Å². The molecule has 0 aliphatic heterocycles. The first-order valence-corrected chi connectivity index (χ1v) is 6.16. The van der Waals surface area contributed by atoms with Gasteiger partial charge in [0.15, 0.2) is 0 Å². The first-order valence-electron chi connectivity index (χ1n) is 6.16. The molecule has 122 valence electrons. The summed E-state index contributed by atoms with van der Waals surface area (Å²) in [4.78, 5) is 23.3. The van der Waals surface area contributed by atoms with Crippen LogP contribution in [-0.4, -0.2) is 43.0 Å². The van der Waals surface area contributed by atoms with E-state index in [-0.39, 0.29) is 16.8 Å². The zero-order chi connectivity index (χ0) is 17.1. The normalized spacial score (nSPS) is 11.2. The fourth-order valence-corrected chi connectivity index (χ4v) is 1.69. The number of alkyl halides is 3. The number of likely N-dealkylation sites (N-methyl/N-ethyl adjacent to an activating group) is 1. The predicted molar refractivity (Wildman–Crippen MR) is 71.8 cm³/mol. The van der Waals surface area contributed by atoms with Crippen LogP contribution in [0.15, 0.2) is 12.1 Å². The monoisotopic (exact) mass is 321 g/mol. The summed E-state index contributed by atoms with van der Waals surface area (Å²) >= 11 is 0. The van der Waals surface area contributed by atoms with Crippen LogP contribution in [0.1, 0.15) is 15.9 Å². The lowest BCUT2D eigenvalue weighted by atomic mass is 10.1. The van der Waals surface area contributed by atoms with Gasteiger partial charge in [0.1, 0.15) is 12.4 Å². The Kier molecular flexibility index (Phi) is 5.34. The molecule has 9 heteroatoms. The van der Waals surface area contributed by atoms with Crippen LogP contribution in [0.2, 0.25) is 0 Å². The molecule has 0 bridgehead atoms. The maximum absolute atomic E-state index is 13.4. The van der Waals surface area contributed by atoms with Crippen molar-refractivity contribution in [3.8, 4) is 0 Å². The van der Waals surface area contributed by atoms with Gasteiger partial charge in [0.25, 0.3) is 5.91 Å². The topological polar surface area (TPSA) is 75.4 Å². The molecule has 1 aromatic rings. The molecule has 0 aliphatic rings. The largest absolute Gasteiger partial charge is 0.406 e. The molecule has 3 N–H and O–H groups in total. The van der Waals surface area contributed by atoms with Crippen molar-refractivity contribution < 1.29 is 27.2 Å². The smallest absolute Gasteiger partial charge is 0.375 e. The van der Waals surface area contributed by atoms with Crippen molar-refractivity contribution in [3.05, 3.63) is 29.1 Å². The predicted octanol–water partition coefficient (Wildman–Crippen LogP) is 1.67. The summed E-state index contributed by atoms with van der Waals surface area (Å²) in [5.41, 5.74) is 5.19. The molecule has 0 spiro atoms. The highest BCUT2D eigenvalue weighted by Crippen LogP contribution is 2.20. The van der Waals surface area contributed by atoms with Gasteiger partial charge in [-0.05, 0) is 24.6 Å². The number of nitrogens with one attached hydrogen (secondary N) is 1. The third kappa shape index (κ3) is 4.90. The maximum atomic E-state index is 13.4. The molecule has 0 saturated heterocycles. The second kappa shape index (κ2) is 6.63. The van der Waals surface area contributed by atoms with Crippen LogP contribution in [0.4, 0.5) is 23.2 Å². The highest BCUT2D eigenvalue weighted by Gasteiger charge is 2.31. The SMILES string of the molecule is Cc1cc(NCC(=O)N(C)CC(F)(F)F)c(C(N)=O)cc1F. The van der Waals surface area contributed by atoms with Crippen LogP contribution in [0.25, 0.3) is 0 Å². The van der Waals surface area contributed by atoms with Crippen molar-refractivity contribution in [2.75, 3.05) is 25.5 Å². The number of nitrogens with zero attached hydrogens (tertiary/aromatic N) is 1. The van der Waals surface area contributed by atoms with Gasteiger partial charge in [0.05, 0.1) is 12.1 Å². The molecule has 0 aromatic heterocycles. The molecule has 22 heavy (non-hydrogen) atoms. The number of benzene rings is 1. The number of primary amides is 1. The molecule has 1 rings (SSSR count). The number of halogens is 4. The molecule has 1 aromatic carbocycles. The van der Waals surface area contributed by atoms with Gasteiger partial charge in [-0.25, -0.2) is 4.39 Å². The van der Waals surface area contributed by atoms with Crippen molar-refractivity contribution in [1.82, 2.24) is 4.90 Å². The highest BCUT2D eigenvalue weighted by atomic mass is 19.4. The van der Waals surface area contributed by atoms with E-state index >= 15 is 0 Å². The fourth-order valence-electron chi connectivity index (χ4n) is 1.69. The Morgan fingerprint density at radius 1 is 1.32 bits per heavy atom. The molecule has 2 amide bonds. The number of carbonyl (C=O) groups is 2. The van der Waals surface area contributed by atoms with Gasteiger partial charge in [-0.15, -0.1) is 0 Å². The minimum absolute atomic E-state index is 0.0835.